The van der Waals surface area contributed by atoms with Crippen molar-refractivity contribution in [3.63, 3.8) is 0 Å². The summed E-state index contributed by atoms with van der Waals surface area (Å²) in [5, 5.41) is 4.86. The van der Waals surface area contributed by atoms with Gasteiger partial charge < -0.3 is 24.1 Å². The van der Waals surface area contributed by atoms with E-state index in [1.807, 2.05) is 67.5 Å². The van der Waals surface area contributed by atoms with Gasteiger partial charge in [0.05, 0.1) is 24.4 Å². The third kappa shape index (κ3) is 4.86. The Bertz CT molecular complexity index is 1160. The van der Waals surface area contributed by atoms with E-state index >= 15 is 0 Å². The lowest BCUT2D eigenvalue weighted by Gasteiger charge is -2.12. The maximum Gasteiger partial charge on any atom is 0.341 e. The highest BCUT2D eigenvalue weighted by molar-refractivity contribution is 8.14. The van der Waals surface area contributed by atoms with Gasteiger partial charge in [-0.1, -0.05) is 36.0 Å². The minimum Gasteiger partial charge on any atom is -0.495 e. The number of nitrogens with zero attached hydrogens (tertiary/aromatic N) is 2. The van der Waals surface area contributed by atoms with Crippen LogP contribution < -0.4 is 20.4 Å². The van der Waals surface area contributed by atoms with Crippen LogP contribution in [0.3, 0.4) is 0 Å². The summed E-state index contributed by atoms with van der Waals surface area (Å²) in [6, 6.07) is 14.9. The second-order valence-electron chi connectivity index (χ2n) is 7.40. The van der Waals surface area contributed by atoms with Crippen molar-refractivity contribution >= 4 is 33.6 Å². The van der Waals surface area contributed by atoms with Crippen molar-refractivity contribution in [2.24, 2.45) is 4.99 Å². The van der Waals surface area contributed by atoms with Crippen molar-refractivity contribution in [3.8, 4) is 11.5 Å². The zero-order valence-electron chi connectivity index (χ0n) is 17.8. The molecule has 8 heteroatoms. The molecule has 0 saturated carbocycles. The molecule has 162 valence electrons. The second kappa shape index (κ2) is 9.45. The minimum atomic E-state index is -0.385. The molecule has 4 rings (SSSR count). The lowest BCUT2D eigenvalue weighted by Crippen LogP contribution is -2.19. The van der Waals surface area contributed by atoms with Gasteiger partial charge in [-0.05, 0) is 38.4 Å². The van der Waals surface area contributed by atoms with Crippen LogP contribution in [-0.2, 0) is 0 Å². The summed E-state index contributed by atoms with van der Waals surface area (Å²) in [6.45, 7) is 1.29. The van der Waals surface area contributed by atoms with Gasteiger partial charge in [-0.3, -0.25) is 4.99 Å². The summed E-state index contributed by atoms with van der Waals surface area (Å²) >= 11 is 1.56. The van der Waals surface area contributed by atoms with Crippen molar-refractivity contribution in [2.75, 3.05) is 45.4 Å². The molecule has 1 unspecified atom stereocenters. The number of anilines is 1. The first-order chi connectivity index (χ1) is 15.0. The molecule has 0 aliphatic carbocycles. The fourth-order valence-corrected chi connectivity index (χ4v) is 4.24. The largest absolute Gasteiger partial charge is 0.495 e. The molecule has 3 aromatic rings. The van der Waals surface area contributed by atoms with Crippen LogP contribution in [0.4, 0.5) is 5.69 Å². The van der Waals surface area contributed by atoms with Crippen molar-refractivity contribution in [3.05, 3.63) is 64.5 Å². The number of rotatable bonds is 7. The maximum absolute atomic E-state index is 12.8. The monoisotopic (exact) mass is 439 g/mol. The highest BCUT2D eigenvalue weighted by atomic mass is 32.2. The molecule has 1 aliphatic heterocycles. The Hall–Kier alpha value is -2.97. The van der Waals surface area contributed by atoms with Gasteiger partial charge in [0.15, 0.2) is 16.5 Å². The number of likely N-dealkylation sites (N-methyl/N-ethyl adjacent to an activating group) is 1. The fourth-order valence-electron chi connectivity index (χ4n) is 3.28. The summed E-state index contributed by atoms with van der Waals surface area (Å²) in [6.07, 6.45) is 0. The molecule has 2 heterocycles. The Morgan fingerprint density at radius 2 is 2.00 bits per heavy atom. The number of fused-ring (bicyclic) bond motifs is 1. The number of ether oxygens (including phenoxy) is 2. The molecule has 7 nitrogen and oxygen atoms in total. The topological polar surface area (TPSA) is 76.3 Å². The predicted octanol–water partition coefficient (Wildman–Crippen LogP) is 4.00. The Morgan fingerprint density at radius 1 is 1.19 bits per heavy atom. The first-order valence-corrected chi connectivity index (χ1v) is 11.0. The molecule has 2 aromatic carbocycles. The first-order valence-electron chi connectivity index (χ1n) is 10.00. The molecular weight excluding hydrogens is 414 g/mol. The van der Waals surface area contributed by atoms with E-state index in [2.05, 4.69) is 5.32 Å². The second-order valence-corrected chi connectivity index (χ2v) is 8.41. The van der Waals surface area contributed by atoms with Gasteiger partial charge in [-0.25, -0.2) is 4.79 Å². The molecule has 1 atom stereocenters. The Kier molecular flexibility index (Phi) is 6.48. The molecule has 0 saturated heterocycles. The van der Waals surface area contributed by atoms with Gasteiger partial charge in [-0.2, -0.15) is 0 Å². The number of para-hydroxylation sites is 3. The molecular formula is C23H25N3O4S. The average Bonchev–Trinajstić information content (AvgIpc) is 3.22. The van der Waals surface area contributed by atoms with Crippen LogP contribution in [0, 0.1) is 0 Å². The molecule has 1 aromatic heterocycles. The Morgan fingerprint density at radius 3 is 2.81 bits per heavy atom. The van der Waals surface area contributed by atoms with Gasteiger partial charge >= 0.3 is 5.63 Å². The third-order valence-corrected chi connectivity index (χ3v) is 5.87. The normalized spacial score (nSPS) is 15.9. The minimum absolute atomic E-state index is 0.277. The van der Waals surface area contributed by atoms with Crippen molar-refractivity contribution < 1.29 is 13.9 Å². The summed E-state index contributed by atoms with van der Waals surface area (Å²) in [5.74, 6) is 1.97. The van der Waals surface area contributed by atoms with Crippen LogP contribution in [0.25, 0.3) is 11.0 Å². The number of amidine groups is 1. The van der Waals surface area contributed by atoms with Crippen LogP contribution in [0.15, 0.2) is 62.7 Å². The number of hydrogen-bond donors (Lipinski definition) is 1. The van der Waals surface area contributed by atoms with Gasteiger partial charge in [0.1, 0.15) is 12.4 Å². The summed E-state index contributed by atoms with van der Waals surface area (Å²) in [7, 11) is 5.59. The van der Waals surface area contributed by atoms with E-state index in [-0.39, 0.29) is 11.7 Å². The molecule has 0 amide bonds. The standard InChI is InChI=1S/C23H25N3O4S/c1-26(2)11-12-29-20-10-6-7-15-13-16(22(27)30-21(15)20)18-14-31-23(25-18)24-17-8-4-5-9-19(17)28-3/h4-10,13,18H,11-12,14H2,1-3H3,(H,24,25). The lowest BCUT2D eigenvalue weighted by molar-refractivity contribution is 0.260. The van der Waals surface area contributed by atoms with Crippen LogP contribution in [-0.4, -0.2) is 50.2 Å². The van der Waals surface area contributed by atoms with Gasteiger partial charge in [-0.15, -0.1) is 0 Å². The van der Waals surface area contributed by atoms with Crippen LogP contribution in [0.5, 0.6) is 11.5 Å². The SMILES string of the molecule is COc1ccccc1NC1=NC(c2cc3cccc(OCCN(C)C)c3oc2=O)CS1. The molecule has 0 radical (unpaired) electrons. The van der Waals surface area contributed by atoms with Crippen LogP contribution in [0.2, 0.25) is 0 Å². The number of nitrogens with one attached hydrogen (secondary N) is 1. The molecule has 0 fully saturated rings. The number of hydrogen-bond acceptors (Lipinski definition) is 8. The Labute approximate surface area is 185 Å². The van der Waals surface area contributed by atoms with E-state index in [1.165, 1.54) is 0 Å². The highest BCUT2D eigenvalue weighted by Crippen LogP contribution is 2.33. The fraction of sp³-hybridized carbons (Fsp3) is 0.304. The highest BCUT2D eigenvalue weighted by Gasteiger charge is 2.25. The quantitative estimate of drug-likeness (QED) is 0.558. The zero-order valence-corrected chi connectivity index (χ0v) is 18.6. The van der Waals surface area contributed by atoms with E-state index in [4.69, 9.17) is 18.9 Å². The average molecular weight is 440 g/mol. The zero-order chi connectivity index (χ0) is 21.8. The molecule has 0 bridgehead atoms. The van der Waals surface area contributed by atoms with Gasteiger partial charge in [0, 0.05) is 17.7 Å². The Balaban J connectivity index is 1.57. The molecule has 31 heavy (non-hydrogen) atoms. The smallest absolute Gasteiger partial charge is 0.341 e. The van der Waals surface area contributed by atoms with Crippen molar-refractivity contribution in [1.29, 1.82) is 0 Å². The van der Waals surface area contributed by atoms with E-state index < -0.39 is 0 Å². The first kappa shape index (κ1) is 21.3. The number of benzene rings is 2. The van der Waals surface area contributed by atoms with Crippen molar-refractivity contribution in [1.82, 2.24) is 4.90 Å². The van der Waals surface area contributed by atoms with Crippen molar-refractivity contribution in [2.45, 2.75) is 6.04 Å². The summed E-state index contributed by atoms with van der Waals surface area (Å²) < 4.78 is 16.9. The number of methoxy groups -OCH3 is 1. The third-order valence-electron chi connectivity index (χ3n) is 4.91. The number of aliphatic imine (C=N–C) groups is 1. The number of thioether (sulfide) groups is 1. The van der Waals surface area contributed by atoms with Crippen LogP contribution >= 0.6 is 11.8 Å². The molecule has 1 aliphatic rings. The molecule has 1 N–H and O–H groups in total. The van der Waals surface area contributed by atoms with E-state index in [1.54, 1.807) is 18.9 Å². The molecule has 0 spiro atoms. The van der Waals surface area contributed by atoms with Gasteiger partial charge in [0.2, 0.25) is 0 Å². The van der Waals surface area contributed by atoms with E-state index in [0.717, 1.165) is 28.5 Å². The predicted molar refractivity (Wildman–Crippen MR) is 126 cm³/mol. The maximum atomic E-state index is 12.8. The summed E-state index contributed by atoms with van der Waals surface area (Å²) in [5.41, 5.74) is 1.46. The van der Waals surface area contributed by atoms with Gasteiger partial charge in [0.25, 0.3) is 0 Å². The summed E-state index contributed by atoms with van der Waals surface area (Å²) in [4.78, 5) is 19.5. The van der Waals surface area contributed by atoms with E-state index in [9.17, 15) is 4.79 Å². The van der Waals surface area contributed by atoms with E-state index in [0.29, 0.717) is 29.3 Å². The van der Waals surface area contributed by atoms with Crippen LogP contribution in [0.1, 0.15) is 11.6 Å². The lowest BCUT2D eigenvalue weighted by atomic mass is 10.1.